The molecule has 1 heterocycles. The van der Waals surface area contributed by atoms with E-state index in [1.54, 1.807) is 0 Å². The highest BCUT2D eigenvalue weighted by Gasteiger charge is 2.68. The first-order valence-corrected chi connectivity index (χ1v) is 21.7. The lowest BCUT2D eigenvalue weighted by atomic mass is 9.36. The van der Waals surface area contributed by atoms with E-state index in [0.717, 1.165) is 55.7 Å². The summed E-state index contributed by atoms with van der Waals surface area (Å²) in [4.78, 5) is 27.8. The topological polar surface area (TPSA) is 126 Å². The number of carboxylic acid groups (broad SMARTS) is 2. The van der Waals surface area contributed by atoms with Crippen LogP contribution in [0, 0.1) is 56.7 Å². The number of aromatic nitrogens is 1. The number of fused-ring (bicyclic) bond motifs is 7. The molecule has 0 aliphatic heterocycles. The van der Waals surface area contributed by atoms with E-state index in [-0.39, 0.29) is 58.9 Å². The van der Waals surface area contributed by atoms with Crippen LogP contribution in [0.5, 0.6) is 0 Å². The number of hydrogen-bond acceptors (Lipinski definition) is 6. The summed E-state index contributed by atoms with van der Waals surface area (Å²) in [5, 5.41) is 23.4. The molecule has 9 atom stereocenters. The van der Waals surface area contributed by atoms with Gasteiger partial charge in [-0.05, 0) is 152 Å². The van der Waals surface area contributed by atoms with Crippen LogP contribution in [-0.2, 0) is 21.0 Å². The second-order valence-corrected chi connectivity index (χ2v) is 21.4. The molecule has 302 valence electrons. The van der Waals surface area contributed by atoms with E-state index in [9.17, 15) is 37.5 Å². The van der Waals surface area contributed by atoms with Gasteiger partial charge in [0.25, 0.3) is 0 Å². The monoisotopic (exact) mass is 805 g/mol. The number of hydrogen-bond donors (Lipinski definition) is 3. The Hall–Kier alpha value is -2.28. The Morgan fingerprint density at radius 2 is 1.69 bits per heavy atom. The van der Waals surface area contributed by atoms with Crippen molar-refractivity contribution >= 4 is 40.7 Å². The minimum absolute atomic E-state index is 0.0107. The molecule has 8 unspecified atom stereocenters. The van der Waals surface area contributed by atoms with Crippen molar-refractivity contribution in [2.45, 2.75) is 122 Å². The van der Waals surface area contributed by atoms with Gasteiger partial charge in [-0.2, -0.15) is 4.31 Å². The molecule has 55 heavy (non-hydrogen) atoms. The number of halogens is 4. The van der Waals surface area contributed by atoms with E-state index in [1.165, 1.54) is 48.7 Å². The molecule has 1 spiro atoms. The highest BCUT2D eigenvalue weighted by molar-refractivity contribution is 7.93. The molecule has 1 aromatic heterocycles. The highest BCUT2D eigenvalue weighted by atomic mass is 35.5. The second kappa shape index (κ2) is 13.1. The van der Waals surface area contributed by atoms with E-state index >= 15 is 0 Å². The molecule has 7 aliphatic rings. The molecule has 5 saturated carbocycles. The number of allylic oxidation sites excluding steroid dienone is 4. The molecular weight excluding hydrogens is 751 g/mol. The van der Waals surface area contributed by atoms with Crippen LogP contribution < -0.4 is 9.62 Å². The Labute approximate surface area is 330 Å². The van der Waals surface area contributed by atoms with Crippen molar-refractivity contribution in [2.75, 3.05) is 17.4 Å². The Kier molecular flexibility index (Phi) is 9.43. The van der Waals surface area contributed by atoms with E-state index in [1.807, 2.05) is 0 Å². The number of aliphatic carboxylic acids is 2. The molecule has 0 bridgehead atoms. The molecule has 0 saturated heterocycles. The molecule has 0 radical (unpaired) electrons. The lowest BCUT2D eigenvalue weighted by Gasteiger charge is -2.69. The van der Waals surface area contributed by atoms with Gasteiger partial charge in [-0.1, -0.05) is 57.9 Å². The summed E-state index contributed by atoms with van der Waals surface area (Å²) in [5.74, 6) is 0.234. The first-order valence-electron chi connectivity index (χ1n) is 20.2. The molecule has 13 heteroatoms. The molecular formula is C42H55ClF3N3O5S. The smallest absolute Gasteiger partial charge is 0.585 e. The third-order valence-electron chi connectivity index (χ3n) is 16.7. The number of nitrogens with zero attached hydrogens (tertiary/aromatic N) is 2. The third-order valence-corrected chi connectivity index (χ3v) is 18.1. The highest BCUT2D eigenvalue weighted by Crippen LogP contribution is 2.73. The normalized spacial score (nSPS) is 38.5. The fraction of sp³-hybridized carbons (Fsp3) is 0.738. The van der Waals surface area contributed by atoms with Crippen molar-refractivity contribution in [3.8, 4) is 0 Å². The Morgan fingerprint density at radius 1 is 0.982 bits per heavy atom. The van der Waals surface area contributed by atoms with Crippen LogP contribution in [0.2, 0.25) is 5.02 Å². The molecule has 1 aromatic rings. The minimum atomic E-state index is -4.91. The van der Waals surface area contributed by atoms with E-state index in [2.05, 4.69) is 50.1 Å². The van der Waals surface area contributed by atoms with Gasteiger partial charge in [0.15, 0.2) is 22.6 Å². The van der Waals surface area contributed by atoms with Crippen LogP contribution in [0.25, 0.3) is 0 Å². The van der Waals surface area contributed by atoms with Crippen LogP contribution in [0.15, 0.2) is 41.6 Å². The van der Waals surface area contributed by atoms with Gasteiger partial charge < -0.3 is 20.1 Å². The molecule has 5 fully saturated rings. The van der Waals surface area contributed by atoms with Crippen LogP contribution in [0.3, 0.4) is 0 Å². The van der Waals surface area contributed by atoms with E-state index in [4.69, 9.17) is 11.6 Å². The molecule has 0 aromatic carbocycles. The summed E-state index contributed by atoms with van der Waals surface area (Å²) >= 11 is 2.71. The average Bonchev–Trinajstić information content (AvgIpc) is 3.50. The van der Waals surface area contributed by atoms with E-state index in [0.29, 0.717) is 34.6 Å². The van der Waals surface area contributed by atoms with Gasteiger partial charge in [-0.3, -0.25) is 9.59 Å². The molecule has 3 N–H and O–H groups in total. The largest absolute Gasteiger partial charge is 0.598 e. The van der Waals surface area contributed by atoms with Crippen molar-refractivity contribution < 1.29 is 37.5 Å². The first kappa shape index (κ1) is 39.5. The average molecular weight is 806 g/mol. The SMILES string of the molecule is CC1(C)C(C2=CC3(C2)CC(C(=O)O)(C(=O)O)C3)=CCC2(C)C1CCC1(C)C3CCC4(NCCN(c5ccc(Cl)cn5)[S+]([O-])C(F)(F)F)CCC[C@@H]4C3CCC12. The molecule has 8 nitrogen and oxygen atoms in total. The second-order valence-electron chi connectivity index (χ2n) is 19.6. The first-order chi connectivity index (χ1) is 25.7. The predicted octanol–water partition coefficient (Wildman–Crippen LogP) is 9.33. The Bertz CT molecular complexity index is 1780. The Morgan fingerprint density at radius 3 is 2.33 bits per heavy atom. The van der Waals surface area contributed by atoms with Crippen LogP contribution in [0.4, 0.5) is 19.0 Å². The summed E-state index contributed by atoms with van der Waals surface area (Å²) in [6, 6.07) is 2.85. The lowest BCUT2D eigenvalue weighted by Crippen LogP contribution is -2.64. The number of carboxylic acids is 2. The van der Waals surface area contributed by atoms with Gasteiger partial charge in [0.1, 0.15) is 0 Å². The van der Waals surface area contributed by atoms with E-state index < -0.39 is 34.2 Å². The third kappa shape index (κ3) is 5.94. The number of alkyl halides is 3. The number of carbonyl (C=O) groups is 2. The fourth-order valence-electron chi connectivity index (χ4n) is 14.7. The Balaban J connectivity index is 0.969. The molecule has 7 aliphatic carbocycles. The number of anilines is 1. The quantitative estimate of drug-likeness (QED) is 0.167. The van der Waals surface area contributed by atoms with Crippen molar-refractivity contribution in [1.29, 1.82) is 0 Å². The van der Waals surface area contributed by atoms with Gasteiger partial charge in [-0.15, -0.1) is 13.2 Å². The minimum Gasteiger partial charge on any atom is -0.585 e. The van der Waals surface area contributed by atoms with Crippen molar-refractivity contribution in [2.24, 2.45) is 56.7 Å². The number of rotatable bonds is 9. The maximum absolute atomic E-state index is 13.7. The maximum atomic E-state index is 13.7. The van der Waals surface area contributed by atoms with Crippen LogP contribution in [-0.4, -0.2) is 55.8 Å². The summed E-state index contributed by atoms with van der Waals surface area (Å²) in [6.07, 6.45) is 18.1. The maximum Gasteiger partial charge on any atom is 0.598 e. The number of pyridine rings is 1. The zero-order chi connectivity index (χ0) is 39.6. The van der Waals surface area contributed by atoms with Gasteiger partial charge in [0.05, 0.1) is 11.6 Å². The van der Waals surface area contributed by atoms with Crippen molar-refractivity contribution in [1.82, 2.24) is 10.3 Å². The van der Waals surface area contributed by atoms with Gasteiger partial charge in [0, 0.05) is 18.3 Å². The van der Waals surface area contributed by atoms with Crippen LogP contribution >= 0.6 is 11.6 Å². The van der Waals surface area contributed by atoms with Crippen molar-refractivity contribution in [3.63, 3.8) is 0 Å². The summed E-state index contributed by atoms with van der Waals surface area (Å²) in [5.41, 5.74) is -4.06. The fourth-order valence-corrected chi connectivity index (χ4v) is 15.6. The van der Waals surface area contributed by atoms with Crippen molar-refractivity contribution in [3.05, 3.63) is 46.7 Å². The van der Waals surface area contributed by atoms with Gasteiger partial charge in [-0.25, -0.2) is 4.98 Å². The van der Waals surface area contributed by atoms with Gasteiger partial charge >= 0.3 is 17.4 Å². The molecule has 0 amide bonds. The summed E-state index contributed by atoms with van der Waals surface area (Å²) in [6.45, 7) is 10.1. The summed E-state index contributed by atoms with van der Waals surface area (Å²) < 4.78 is 54.6. The standard InChI is InChI=1S/C42H55ClF3N3O5S/c1-36(2)28(25-20-39(21-25)23-40(24-39,34(50)51)35(52)53)11-15-38(4)31(36)13-16-37(3)29-12-17-41(14-5-6-30(41)27(29)8-9-32(37)38)48-18-19-49(55(54)42(44,45)46)33-10-7-26(43)22-47-33/h7,10-11,20,22,27,29-32,48H,5-6,8-9,12-19,21,23-24H2,1-4H3,(H,50,51)(H,52,53)/t27?,29?,30-,31?,32?,37?,38?,41?,55?/m1/s1. The molecule has 8 rings (SSSR count). The lowest BCUT2D eigenvalue weighted by molar-refractivity contribution is -0.182. The van der Waals surface area contributed by atoms with Gasteiger partial charge in [0.2, 0.25) is 0 Å². The zero-order valence-corrected chi connectivity index (χ0v) is 33.9. The summed E-state index contributed by atoms with van der Waals surface area (Å²) in [7, 11) is 0. The number of nitrogens with one attached hydrogen (secondary N) is 1. The zero-order valence-electron chi connectivity index (χ0n) is 32.3. The van der Waals surface area contributed by atoms with Crippen LogP contribution in [0.1, 0.15) is 111 Å². The predicted molar refractivity (Wildman–Crippen MR) is 205 cm³/mol.